The Hall–Kier alpha value is -2.67. The summed E-state index contributed by atoms with van der Waals surface area (Å²) in [5.74, 6) is 0. The first kappa shape index (κ1) is 17.7. The molecule has 1 unspecified atom stereocenters. The van der Waals surface area contributed by atoms with Crippen LogP contribution in [-0.4, -0.2) is 24.9 Å². The summed E-state index contributed by atoms with van der Waals surface area (Å²) in [6.07, 6.45) is 2.20. The van der Waals surface area contributed by atoms with Crippen molar-refractivity contribution in [1.82, 2.24) is 0 Å². The Balaban J connectivity index is 2.03. The summed E-state index contributed by atoms with van der Waals surface area (Å²) in [5.41, 5.74) is 5.42. The third-order valence-corrected chi connectivity index (χ3v) is 8.10. The number of hydrogen-bond donors (Lipinski definition) is 0. The quantitative estimate of drug-likeness (QED) is 0.522. The van der Waals surface area contributed by atoms with Crippen LogP contribution in [0.5, 0.6) is 0 Å². The van der Waals surface area contributed by atoms with Gasteiger partial charge in [-0.2, -0.15) is 0 Å². The van der Waals surface area contributed by atoms with E-state index in [9.17, 15) is 0 Å². The van der Waals surface area contributed by atoms with Gasteiger partial charge in [-0.15, -0.1) is 0 Å². The van der Waals surface area contributed by atoms with Gasteiger partial charge >= 0.3 is 0 Å². The minimum atomic E-state index is -2.08. The van der Waals surface area contributed by atoms with Crippen LogP contribution in [0.3, 0.4) is 0 Å². The van der Waals surface area contributed by atoms with Gasteiger partial charge in [0.2, 0.25) is 0 Å². The van der Waals surface area contributed by atoms with Gasteiger partial charge in [0.1, 0.15) is 0 Å². The summed E-state index contributed by atoms with van der Waals surface area (Å²) in [6, 6.07) is 31.2. The average Bonchev–Trinajstić information content (AvgIpc) is 2.75. The Bertz CT molecular complexity index is 1050. The van der Waals surface area contributed by atoms with Crippen LogP contribution in [-0.2, 0) is 4.52 Å². The van der Waals surface area contributed by atoms with Crippen molar-refractivity contribution in [2.75, 3.05) is 13.8 Å². The highest BCUT2D eigenvalue weighted by Gasteiger charge is 2.29. The Labute approximate surface area is 160 Å². The lowest BCUT2D eigenvalue weighted by Gasteiger charge is -2.30. The van der Waals surface area contributed by atoms with Crippen LogP contribution in [0.2, 0.25) is 0 Å². The number of allylic oxidation sites excluding steroid dienone is 1. The molecule has 0 amide bonds. The van der Waals surface area contributed by atoms with E-state index < -0.39 is 7.11 Å². The zero-order valence-electron chi connectivity index (χ0n) is 15.5. The van der Waals surface area contributed by atoms with E-state index in [2.05, 4.69) is 85.5 Å². The summed E-state index contributed by atoms with van der Waals surface area (Å²) in [7, 11) is -0.274. The van der Waals surface area contributed by atoms with Crippen molar-refractivity contribution in [2.45, 2.75) is 0 Å². The standard InChI is InChI=1S/C24H22NOP/c1-26-27(2)23(20-14-8-4-9-15-20)18-22(19-12-6-3-7-13-19)25-24(27)21-16-10-5-11-17-21/h3-18H,1-2H3. The maximum atomic E-state index is 6.20. The molecule has 0 saturated carbocycles. The monoisotopic (exact) mass is 371 g/mol. The van der Waals surface area contributed by atoms with Gasteiger partial charge in [0.05, 0.1) is 18.2 Å². The second kappa shape index (κ2) is 7.52. The van der Waals surface area contributed by atoms with Gasteiger partial charge < -0.3 is 4.52 Å². The van der Waals surface area contributed by atoms with E-state index in [1.54, 1.807) is 7.11 Å². The average molecular weight is 371 g/mol. The van der Waals surface area contributed by atoms with Crippen LogP contribution >= 0.6 is 7.11 Å². The van der Waals surface area contributed by atoms with Gasteiger partial charge in [-0.25, -0.2) is 4.99 Å². The maximum Gasteiger partial charge on any atom is 0.0963 e. The van der Waals surface area contributed by atoms with E-state index in [0.29, 0.717) is 0 Å². The first-order valence-electron chi connectivity index (χ1n) is 8.99. The van der Waals surface area contributed by atoms with Crippen LogP contribution in [0.25, 0.3) is 5.31 Å². The van der Waals surface area contributed by atoms with Crippen LogP contribution in [0.15, 0.2) is 102 Å². The molecule has 0 saturated heterocycles. The van der Waals surface area contributed by atoms with Crippen LogP contribution in [0, 0.1) is 0 Å². The molecule has 1 aliphatic rings. The van der Waals surface area contributed by atoms with Crippen molar-refractivity contribution in [2.24, 2.45) is 4.99 Å². The fourth-order valence-electron chi connectivity index (χ4n) is 3.39. The zero-order chi connectivity index (χ0) is 18.7. The Morgan fingerprint density at radius 3 is 1.67 bits per heavy atom. The van der Waals surface area contributed by atoms with Crippen molar-refractivity contribution < 1.29 is 4.52 Å². The molecular formula is C24H22NOP. The molecule has 0 aromatic heterocycles. The summed E-state index contributed by atoms with van der Waals surface area (Å²) >= 11 is 0. The van der Waals surface area contributed by atoms with Crippen molar-refractivity contribution in [1.29, 1.82) is 0 Å². The van der Waals surface area contributed by atoms with E-state index in [1.807, 2.05) is 18.2 Å². The Morgan fingerprint density at radius 2 is 1.15 bits per heavy atom. The smallest absolute Gasteiger partial charge is 0.0963 e. The molecule has 3 heteroatoms. The fraction of sp³-hybridized carbons (Fsp3) is 0.0833. The molecule has 1 atom stereocenters. The summed E-state index contributed by atoms with van der Waals surface area (Å²) in [6.45, 7) is 2.21. The lowest BCUT2D eigenvalue weighted by atomic mass is 10.1. The number of nitrogens with zero attached hydrogens (tertiary/aromatic N) is 1. The number of aliphatic imine (C=N–C) groups is 1. The molecular weight excluding hydrogens is 349 g/mol. The van der Waals surface area contributed by atoms with Crippen LogP contribution in [0.4, 0.5) is 0 Å². The van der Waals surface area contributed by atoms with Gasteiger partial charge in [0, 0.05) is 23.6 Å². The molecule has 0 spiro atoms. The Kier molecular flexibility index (Phi) is 4.94. The van der Waals surface area contributed by atoms with Gasteiger partial charge in [0.25, 0.3) is 0 Å². The topological polar surface area (TPSA) is 21.6 Å². The van der Waals surface area contributed by atoms with Crippen molar-refractivity contribution >= 4 is 23.6 Å². The molecule has 0 N–H and O–H groups in total. The molecule has 4 rings (SSSR count). The van der Waals surface area contributed by atoms with Gasteiger partial charge in [-0.3, -0.25) is 0 Å². The maximum absolute atomic E-state index is 6.20. The third-order valence-electron chi connectivity index (χ3n) is 4.90. The second-order valence-electron chi connectivity index (χ2n) is 6.56. The molecule has 134 valence electrons. The fourth-order valence-corrected chi connectivity index (χ4v) is 5.94. The molecule has 1 heterocycles. The van der Waals surface area contributed by atoms with Gasteiger partial charge in [0.15, 0.2) is 0 Å². The molecule has 0 radical (unpaired) electrons. The largest absolute Gasteiger partial charge is 0.358 e. The second-order valence-corrected chi connectivity index (χ2v) is 9.67. The zero-order valence-corrected chi connectivity index (χ0v) is 16.4. The minimum absolute atomic E-state index is 0.975. The van der Waals surface area contributed by atoms with Crippen molar-refractivity contribution in [3.05, 3.63) is 114 Å². The molecule has 1 aliphatic heterocycles. The third kappa shape index (κ3) is 3.35. The van der Waals surface area contributed by atoms with Crippen molar-refractivity contribution in [3.8, 4) is 0 Å². The first-order chi connectivity index (χ1) is 13.2. The molecule has 27 heavy (non-hydrogen) atoms. The van der Waals surface area contributed by atoms with Crippen molar-refractivity contribution in [3.63, 3.8) is 0 Å². The van der Waals surface area contributed by atoms with Crippen LogP contribution < -0.4 is 0 Å². The predicted molar refractivity (Wildman–Crippen MR) is 118 cm³/mol. The van der Waals surface area contributed by atoms with Gasteiger partial charge in [-0.1, -0.05) is 91.0 Å². The summed E-state index contributed by atoms with van der Waals surface area (Å²) in [4.78, 5) is 5.10. The molecule has 0 aliphatic carbocycles. The molecule has 2 nitrogen and oxygen atoms in total. The van der Waals surface area contributed by atoms with E-state index in [4.69, 9.17) is 9.52 Å². The first-order valence-corrected chi connectivity index (χ1v) is 11.1. The number of rotatable bonds is 4. The lowest BCUT2D eigenvalue weighted by Crippen LogP contribution is -2.14. The number of hydrogen-bond acceptors (Lipinski definition) is 2. The summed E-state index contributed by atoms with van der Waals surface area (Å²) in [5, 5.41) is 1.22. The minimum Gasteiger partial charge on any atom is -0.358 e. The SMILES string of the molecule is COP1(C)=C(c2ccccc2)N=C(c2ccccc2)C=C1c1ccccc1. The van der Waals surface area contributed by atoms with E-state index in [0.717, 1.165) is 22.3 Å². The lowest BCUT2D eigenvalue weighted by molar-refractivity contribution is 0.468. The highest BCUT2D eigenvalue weighted by Crippen LogP contribution is 2.61. The molecule has 0 fully saturated rings. The Morgan fingerprint density at radius 1 is 0.667 bits per heavy atom. The number of benzene rings is 3. The predicted octanol–water partition coefficient (Wildman–Crippen LogP) is 5.92. The molecule has 3 aromatic rings. The molecule has 0 bridgehead atoms. The van der Waals surface area contributed by atoms with Crippen LogP contribution in [0.1, 0.15) is 16.7 Å². The highest BCUT2D eigenvalue weighted by atomic mass is 31.2. The van der Waals surface area contributed by atoms with E-state index in [1.165, 1.54) is 10.9 Å². The van der Waals surface area contributed by atoms with Gasteiger partial charge in [-0.05, 0) is 18.3 Å². The highest BCUT2D eigenvalue weighted by molar-refractivity contribution is 7.81. The summed E-state index contributed by atoms with van der Waals surface area (Å²) < 4.78 is 6.20. The van der Waals surface area contributed by atoms with E-state index >= 15 is 0 Å². The van der Waals surface area contributed by atoms with E-state index in [-0.39, 0.29) is 0 Å². The normalized spacial score (nSPS) is 19.4. The molecule has 3 aromatic carbocycles.